The lowest BCUT2D eigenvalue weighted by Crippen LogP contribution is -2.21. The summed E-state index contributed by atoms with van der Waals surface area (Å²) < 4.78 is 6.69. The molecule has 2 unspecified atom stereocenters. The van der Waals surface area contributed by atoms with E-state index < -0.39 is 0 Å². The van der Waals surface area contributed by atoms with Crippen LogP contribution in [0.5, 0.6) is 5.75 Å². The van der Waals surface area contributed by atoms with E-state index in [1.165, 1.54) is 11.1 Å². The quantitative estimate of drug-likeness (QED) is 0.932. The van der Waals surface area contributed by atoms with Crippen molar-refractivity contribution in [2.75, 3.05) is 27.2 Å². The average molecular weight is 313 g/mol. The molecule has 1 aromatic rings. The van der Waals surface area contributed by atoms with Crippen LogP contribution < -0.4 is 10.5 Å². The molecule has 0 radical (unpaired) electrons. The van der Waals surface area contributed by atoms with E-state index in [0.29, 0.717) is 12.0 Å². The van der Waals surface area contributed by atoms with Crippen molar-refractivity contribution in [3.8, 4) is 5.75 Å². The van der Waals surface area contributed by atoms with Gasteiger partial charge < -0.3 is 10.5 Å². The lowest BCUT2D eigenvalue weighted by molar-refractivity contribution is 0.302. The monoisotopic (exact) mass is 312 g/mol. The fourth-order valence-corrected chi connectivity index (χ4v) is 3.51. The Hall–Kier alpha value is -0.580. The number of hydrogen-bond donors (Lipinski definition) is 1. The summed E-state index contributed by atoms with van der Waals surface area (Å²) in [6.07, 6.45) is 1.11. The number of aryl methyl sites for hydroxylation is 1. The van der Waals surface area contributed by atoms with Gasteiger partial charge in [-0.3, -0.25) is 4.90 Å². The highest BCUT2D eigenvalue weighted by atomic mass is 79.9. The molecule has 2 N–H and O–H groups in total. The molecule has 2 atom stereocenters. The molecule has 100 valence electrons. The van der Waals surface area contributed by atoms with E-state index in [0.717, 1.165) is 29.7 Å². The number of halogens is 1. The zero-order valence-electron chi connectivity index (χ0n) is 11.2. The predicted molar refractivity (Wildman–Crippen MR) is 78.0 cm³/mol. The fourth-order valence-electron chi connectivity index (χ4n) is 2.92. The summed E-state index contributed by atoms with van der Waals surface area (Å²) in [5.41, 5.74) is 8.24. The Balaban J connectivity index is 2.38. The van der Waals surface area contributed by atoms with Gasteiger partial charge in [-0.1, -0.05) is 15.9 Å². The molecule has 0 aromatic heterocycles. The summed E-state index contributed by atoms with van der Waals surface area (Å²) in [5.74, 6) is 1.59. The van der Waals surface area contributed by atoms with E-state index in [1.54, 1.807) is 7.11 Å². The lowest BCUT2D eigenvalue weighted by Gasteiger charge is -2.23. The van der Waals surface area contributed by atoms with Gasteiger partial charge in [-0.15, -0.1) is 0 Å². The number of methoxy groups -OCH3 is 1. The number of benzene rings is 1. The molecule has 0 bridgehead atoms. The smallest absolute Gasteiger partial charge is 0.126 e. The third-order valence-electron chi connectivity index (χ3n) is 3.80. The molecule has 1 saturated heterocycles. The van der Waals surface area contributed by atoms with E-state index in [9.17, 15) is 0 Å². The topological polar surface area (TPSA) is 38.5 Å². The first-order valence-electron chi connectivity index (χ1n) is 6.31. The molecule has 0 saturated carbocycles. The van der Waals surface area contributed by atoms with E-state index in [1.807, 2.05) is 0 Å². The maximum absolute atomic E-state index is 5.80. The molecule has 0 aliphatic carbocycles. The molecule has 2 rings (SSSR count). The van der Waals surface area contributed by atoms with Crippen LogP contribution in [0, 0.1) is 12.8 Å². The number of hydrogen-bond acceptors (Lipinski definition) is 3. The molecule has 1 aliphatic rings. The number of likely N-dealkylation sites (tertiary alicyclic amines) is 1. The minimum atomic E-state index is 0.407. The highest BCUT2D eigenvalue weighted by Gasteiger charge is 2.32. The van der Waals surface area contributed by atoms with Crippen molar-refractivity contribution in [3.05, 3.63) is 27.7 Å². The molecule has 1 fully saturated rings. The zero-order valence-corrected chi connectivity index (χ0v) is 12.8. The second-order valence-electron chi connectivity index (χ2n) is 5.14. The minimum Gasteiger partial charge on any atom is -0.496 e. The largest absolute Gasteiger partial charge is 0.496 e. The van der Waals surface area contributed by atoms with Gasteiger partial charge in [0, 0.05) is 22.6 Å². The Morgan fingerprint density at radius 3 is 2.78 bits per heavy atom. The van der Waals surface area contributed by atoms with Crippen LogP contribution in [0.1, 0.15) is 23.6 Å². The van der Waals surface area contributed by atoms with Crippen LogP contribution in [0.2, 0.25) is 0 Å². The summed E-state index contributed by atoms with van der Waals surface area (Å²) >= 11 is 3.58. The summed E-state index contributed by atoms with van der Waals surface area (Å²) in [5, 5.41) is 0. The van der Waals surface area contributed by atoms with Gasteiger partial charge in [-0.05, 0) is 50.6 Å². The van der Waals surface area contributed by atoms with Crippen molar-refractivity contribution in [1.29, 1.82) is 0 Å². The highest BCUT2D eigenvalue weighted by Crippen LogP contribution is 2.40. The van der Waals surface area contributed by atoms with Crippen LogP contribution in [0.25, 0.3) is 0 Å². The second kappa shape index (κ2) is 5.59. The molecule has 0 amide bonds. The summed E-state index contributed by atoms with van der Waals surface area (Å²) in [7, 11) is 3.91. The Labute approximate surface area is 117 Å². The van der Waals surface area contributed by atoms with Gasteiger partial charge >= 0.3 is 0 Å². The predicted octanol–water partition coefficient (Wildman–Crippen LogP) is 2.72. The first-order chi connectivity index (χ1) is 8.56. The van der Waals surface area contributed by atoms with Crippen molar-refractivity contribution in [1.82, 2.24) is 4.90 Å². The van der Waals surface area contributed by atoms with Crippen LogP contribution in [0.3, 0.4) is 0 Å². The number of rotatable bonds is 3. The van der Waals surface area contributed by atoms with Crippen LogP contribution in [0.4, 0.5) is 0 Å². The Kier molecular flexibility index (Phi) is 4.30. The lowest BCUT2D eigenvalue weighted by atomic mass is 9.97. The standard InChI is InChI=1S/C14H21BrN2O/c1-9-4-11(15)6-12(14(9)18-3)13-5-10(7-16)8-17(13)2/h4,6,10,13H,5,7-8,16H2,1-3H3. The third kappa shape index (κ3) is 2.56. The minimum absolute atomic E-state index is 0.407. The normalized spacial score (nSPS) is 24.5. The van der Waals surface area contributed by atoms with E-state index in [4.69, 9.17) is 10.5 Å². The molecule has 3 nitrogen and oxygen atoms in total. The first-order valence-corrected chi connectivity index (χ1v) is 7.10. The molecular formula is C14H21BrN2O. The number of nitrogens with zero attached hydrogens (tertiary/aromatic N) is 1. The van der Waals surface area contributed by atoms with Gasteiger partial charge in [0.05, 0.1) is 7.11 Å². The number of ether oxygens (including phenoxy) is 1. The Morgan fingerprint density at radius 2 is 2.22 bits per heavy atom. The second-order valence-corrected chi connectivity index (χ2v) is 6.05. The van der Waals surface area contributed by atoms with Gasteiger partial charge in [0.1, 0.15) is 5.75 Å². The van der Waals surface area contributed by atoms with Crippen LogP contribution in [-0.4, -0.2) is 32.1 Å². The summed E-state index contributed by atoms with van der Waals surface area (Å²) in [6.45, 7) is 3.91. The molecule has 1 aromatic carbocycles. The molecular weight excluding hydrogens is 292 g/mol. The van der Waals surface area contributed by atoms with E-state index in [-0.39, 0.29) is 0 Å². The van der Waals surface area contributed by atoms with Gasteiger partial charge in [0.2, 0.25) is 0 Å². The van der Waals surface area contributed by atoms with Crippen molar-refractivity contribution in [3.63, 3.8) is 0 Å². The maximum Gasteiger partial charge on any atom is 0.126 e. The van der Waals surface area contributed by atoms with Gasteiger partial charge in [-0.25, -0.2) is 0 Å². The molecule has 1 heterocycles. The molecule has 4 heteroatoms. The van der Waals surface area contributed by atoms with Crippen LogP contribution in [-0.2, 0) is 0 Å². The molecule has 0 spiro atoms. The zero-order chi connectivity index (χ0) is 13.3. The summed E-state index contributed by atoms with van der Waals surface area (Å²) in [6, 6.07) is 4.67. The van der Waals surface area contributed by atoms with Crippen molar-refractivity contribution < 1.29 is 4.74 Å². The van der Waals surface area contributed by atoms with Gasteiger partial charge in [0.15, 0.2) is 0 Å². The van der Waals surface area contributed by atoms with E-state index in [2.05, 4.69) is 46.9 Å². The highest BCUT2D eigenvalue weighted by molar-refractivity contribution is 9.10. The van der Waals surface area contributed by atoms with Gasteiger partial charge in [0.25, 0.3) is 0 Å². The SMILES string of the molecule is COc1c(C)cc(Br)cc1C1CC(CN)CN1C. The van der Waals surface area contributed by atoms with Crippen LogP contribution >= 0.6 is 15.9 Å². The fraction of sp³-hybridized carbons (Fsp3) is 0.571. The third-order valence-corrected chi connectivity index (χ3v) is 4.26. The molecule has 18 heavy (non-hydrogen) atoms. The first kappa shape index (κ1) is 13.8. The maximum atomic E-state index is 5.80. The Bertz CT molecular complexity index is 436. The average Bonchev–Trinajstić information content (AvgIpc) is 2.69. The van der Waals surface area contributed by atoms with Crippen LogP contribution in [0.15, 0.2) is 16.6 Å². The van der Waals surface area contributed by atoms with Gasteiger partial charge in [-0.2, -0.15) is 0 Å². The Morgan fingerprint density at radius 1 is 1.50 bits per heavy atom. The summed E-state index contributed by atoms with van der Waals surface area (Å²) in [4.78, 5) is 2.38. The van der Waals surface area contributed by atoms with Crippen molar-refractivity contribution in [2.24, 2.45) is 11.7 Å². The van der Waals surface area contributed by atoms with Crippen molar-refractivity contribution in [2.45, 2.75) is 19.4 Å². The van der Waals surface area contributed by atoms with Crippen molar-refractivity contribution >= 4 is 15.9 Å². The molecule has 1 aliphatic heterocycles. The van der Waals surface area contributed by atoms with E-state index >= 15 is 0 Å². The number of nitrogens with two attached hydrogens (primary N) is 1.